The summed E-state index contributed by atoms with van der Waals surface area (Å²) < 4.78 is 25.9. The molecule has 2 rings (SSSR count). The summed E-state index contributed by atoms with van der Waals surface area (Å²) in [7, 11) is 0. The van der Waals surface area contributed by atoms with Crippen LogP contribution in [-0.4, -0.2) is 19.8 Å². The molecular weight excluding hydrogens is 353 g/mol. The summed E-state index contributed by atoms with van der Waals surface area (Å²) in [5.41, 5.74) is 0. The van der Waals surface area contributed by atoms with Crippen LogP contribution >= 0.6 is 22.7 Å². The van der Waals surface area contributed by atoms with Crippen molar-refractivity contribution in [1.82, 2.24) is 0 Å². The molecule has 0 saturated carbocycles. The Hall–Kier alpha value is 0.0587. The molecule has 16 heavy (non-hydrogen) atoms. The molecule has 0 radical (unpaired) electrons. The molecule has 0 amide bonds. The molecule has 0 nitrogen and oxygen atoms in total. The third-order valence-corrected chi connectivity index (χ3v) is 3.38. The van der Waals surface area contributed by atoms with Gasteiger partial charge in [-0.2, -0.15) is 0 Å². The molecule has 0 aliphatic carbocycles. The predicted octanol–water partition coefficient (Wildman–Crippen LogP) is 4.86. The second-order valence-corrected chi connectivity index (χ2v) is 15.6. The van der Waals surface area contributed by atoms with Crippen molar-refractivity contribution in [3.05, 3.63) is 34.5 Å². The molecule has 0 aliphatic rings. The van der Waals surface area contributed by atoms with E-state index in [2.05, 4.69) is 14.8 Å². The molecule has 5 heteroatoms. The van der Waals surface area contributed by atoms with E-state index in [1.165, 1.54) is 34.8 Å². The van der Waals surface area contributed by atoms with Gasteiger partial charge in [-0.3, -0.25) is 0 Å². The van der Waals surface area contributed by atoms with E-state index >= 15 is 0 Å². The molecule has 88 valence electrons. The molecule has 0 aliphatic heterocycles. The van der Waals surface area contributed by atoms with Crippen molar-refractivity contribution in [1.29, 1.82) is 0 Å². The normalized spacial score (nSPS) is 10.1. The summed E-state index contributed by atoms with van der Waals surface area (Å²) in [6.07, 6.45) is 0. The number of thiophene rings is 2. The summed E-state index contributed by atoms with van der Waals surface area (Å²) in [5, 5.41) is 3.23. The Bertz CT molecular complexity index is 394. The van der Waals surface area contributed by atoms with Crippen LogP contribution in [0.1, 0.15) is 0 Å². The van der Waals surface area contributed by atoms with Gasteiger partial charge in [0, 0.05) is 0 Å². The van der Waals surface area contributed by atoms with Gasteiger partial charge in [-0.05, 0) is 22.9 Å². The molecule has 2 aromatic rings. The van der Waals surface area contributed by atoms with Gasteiger partial charge in [0.1, 0.15) is 11.6 Å². The average molecular weight is 367 g/mol. The predicted molar refractivity (Wildman–Crippen MR) is 72.3 cm³/mol. The molecule has 2 aromatic heterocycles. The Labute approximate surface area is 110 Å². The first-order valence-electron chi connectivity index (χ1n) is 4.98. The van der Waals surface area contributed by atoms with E-state index in [-0.39, 0.29) is 11.6 Å². The maximum absolute atomic E-state index is 12.9. The van der Waals surface area contributed by atoms with Gasteiger partial charge in [-0.25, -0.2) is 8.78 Å². The Morgan fingerprint density at radius 3 is 1.38 bits per heavy atom. The number of halogens is 2. The quantitative estimate of drug-likeness (QED) is 0.632. The molecule has 0 spiro atoms. The SMILES string of the molecule is Fc1ccsc1-c1sccc1F.[CH3][SnH]([CH3])[CH3]. The van der Waals surface area contributed by atoms with Gasteiger partial charge in [-0.15, -0.1) is 22.7 Å². The zero-order valence-electron chi connectivity index (χ0n) is 9.46. The Balaban J connectivity index is 0.000000280. The maximum atomic E-state index is 12.9. The van der Waals surface area contributed by atoms with Crippen molar-refractivity contribution in [2.24, 2.45) is 0 Å². The average Bonchev–Trinajstić information content (AvgIpc) is 2.73. The number of hydrogen-bond acceptors (Lipinski definition) is 2. The fourth-order valence-corrected chi connectivity index (χ4v) is 2.62. The van der Waals surface area contributed by atoms with Gasteiger partial charge >= 0.3 is 34.6 Å². The van der Waals surface area contributed by atoms with Crippen LogP contribution in [0.4, 0.5) is 8.78 Å². The van der Waals surface area contributed by atoms with Crippen molar-refractivity contribution in [3.8, 4) is 9.75 Å². The third-order valence-electron chi connectivity index (χ3n) is 1.44. The third kappa shape index (κ3) is 4.14. The molecule has 0 aromatic carbocycles. The van der Waals surface area contributed by atoms with E-state index in [9.17, 15) is 8.78 Å². The van der Waals surface area contributed by atoms with Crippen molar-refractivity contribution < 1.29 is 8.78 Å². The van der Waals surface area contributed by atoms with Crippen LogP contribution < -0.4 is 0 Å². The number of hydrogen-bond donors (Lipinski definition) is 0. The van der Waals surface area contributed by atoms with Gasteiger partial charge in [0.05, 0.1) is 9.75 Å². The van der Waals surface area contributed by atoms with Crippen LogP contribution in [0.3, 0.4) is 0 Å². The first-order chi connectivity index (χ1) is 7.52. The zero-order valence-corrected chi connectivity index (χ0v) is 14.4. The van der Waals surface area contributed by atoms with Gasteiger partial charge in [0.25, 0.3) is 0 Å². The minimum absolute atomic E-state index is 0.346. The Kier molecular flexibility index (Phi) is 5.92. The van der Waals surface area contributed by atoms with Crippen molar-refractivity contribution in [2.75, 3.05) is 0 Å². The Morgan fingerprint density at radius 1 is 0.875 bits per heavy atom. The van der Waals surface area contributed by atoms with Crippen LogP contribution in [0.25, 0.3) is 9.75 Å². The van der Waals surface area contributed by atoms with E-state index in [1.807, 2.05) is 0 Å². The molecule has 0 N–H and O–H groups in total. The summed E-state index contributed by atoms with van der Waals surface area (Å²) in [6.45, 7) is 0. The van der Waals surface area contributed by atoms with Crippen molar-refractivity contribution >= 4 is 42.4 Å². The van der Waals surface area contributed by atoms with Crippen molar-refractivity contribution in [2.45, 2.75) is 14.8 Å². The fourth-order valence-electron chi connectivity index (χ4n) is 0.912. The first kappa shape index (κ1) is 14.1. The second kappa shape index (κ2) is 6.71. The number of rotatable bonds is 1. The summed E-state index contributed by atoms with van der Waals surface area (Å²) >= 11 is 1.80. The van der Waals surface area contributed by atoms with Gasteiger partial charge < -0.3 is 0 Å². The van der Waals surface area contributed by atoms with E-state index in [4.69, 9.17) is 0 Å². The molecule has 0 atom stereocenters. The minimum atomic E-state index is -0.637. The summed E-state index contributed by atoms with van der Waals surface area (Å²) in [4.78, 5) is 7.91. The Morgan fingerprint density at radius 2 is 1.19 bits per heavy atom. The topological polar surface area (TPSA) is 0 Å². The molecule has 0 bridgehead atoms. The second-order valence-electron chi connectivity index (χ2n) is 3.93. The van der Waals surface area contributed by atoms with Crippen LogP contribution in [0.5, 0.6) is 0 Å². The van der Waals surface area contributed by atoms with Crippen LogP contribution in [0.2, 0.25) is 14.8 Å². The van der Waals surface area contributed by atoms with E-state index in [1.54, 1.807) is 10.8 Å². The van der Waals surface area contributed by atoms with Gasteiger partial charge in [0.2, 0.25) is 0 Å². The fraction of sp³-hybridized carbons (Fsp3) is 0.273. The van der Waals surface area contributed by atoms with Crippen LogP contribution in [-0.2, 0) is 0 Å². The summed E-state index contributed by atoms with van der Waals surface area (Å²) in [5.74, 6) is -0.692. The molecule has 2 heterocycles. The van der Waals surface area contributed by atoms with Crippen molar-refractivity contribution in [3.63, 3.8) is 0 Å². The molecular formula is C11H14F2S2Sn. The first-order valence-corrected chi connectivity index (χ1v) is 16.6. The summed E-state index contributed by atoms with van der Waals surface area (Å²) in [6, 6.07) is 2.69. The zero-order chi connectivity index (χ0) is 12.1. The molecule has 0 saturated heterocycles. The van der Waals surface area contributed by atoms with E-state index < -0.39 is 19.8 Å². The van der Waals surface area contributed by atoms with Gasteiger partial charge in [-0.1, -0.05) is 0 Å². The monoisotopic (exact) mass is 368 g/mol. The molecule has 0 fully saturated rings. The van der Waals surface area contributed by atoms with E-state index in [0.29, 0.717) is 9.75 Å². The van der Waals surface area contributed by atoms with Crippen LogP contribution in [0, 0.1) is 11.6 Å². The van der Waals surface area contributed by atoms with E-state index in [0.717, 1.165) is 0 Å². The molecule has 0 unspecified atom stereocenters. The van der Waals surface area contributed by atoms with Crippen LogP contribution in [0.15, 0.2) is 22.9 Å². The van der Waals surface area contributed by atoms with Gasteiger partial charge in [0.15, 0.2) is 0 Å². The standard InChI is InChI=1S/C8H4F2S2.3CH3.Sn.H/c9-5-1-3-11-7(5)8-6(10)2-4-12-8;;;;;/h1-4H;3*1H3;;.